The van der Waals surface area contributed by atoms with Crippen molar-refractivity contribution in [1.29, 1.82) is 0 Å². The quantitative estimate of drug-likeness (QED) is 0.651. The van der Waals surface area contributed by atoms with Gasteiger partial charge in [0.05, 0.1) is 31.4 Å². The molecule has 0 saturated heterocycles. The number of nitrogens with zero attached hydrogens (tertiary/aromatic N) is 2. The molecule has 1 heterocycles. The van der Waals surface area contributed by atoms with Gasteiger partial charge in [-0.2, -0.15) is 5.10 Å². The molecule has 1 fully saturated rings. The molecule has 31 heavy (non-hydrogen) atoms. The van der Waals surface area contributed by atoms with Crippen molar-refractivity contribution in [1.82, 2.24) is 20.4 Å². The van der Waals surface area contributed by atoms with Gasteiger partial charge in [-0.15, -0.1) is 0 Å². The summed E-state index contributed by atoms with van der Waals surface area (Å²) in [6, 6.07) is 10.3. The van der Waals surface area contributed by atoms with Crippen molar-refractivity contribution in [2.24, 2.45) is 5.92 Å². The van der Waals surface area contributed by atoms with Crippen LogP contribution in [-0.2, 0) is 17.7 Å². The SMILES string of the molecule is CC(COCC1CCCCC1)NC(=O)NC1CCCc2c1cnn2Cc1ccccc1. The summed E-state index contributed by atoms with van der Waals surface area (Å²) in [6.07, 6.45) is 11.5. The molecule has 2 aliphatic carbocycles. The van der Waals surface area contributed by atoms with E-state index in [0.29, 0.717) is 12.5 Å². The Morgan fingerprint density at radius 1 is 1.16 bits per heavy atom. The maximum atomic E-state index is 12.6. The van der Waals surface area contributed by atoms with Crippen LogP contribution < -0.4 is 10.6 Å². The number of fused-ring (bicyclic) bond motifs is 1. The van der Waals surface area contributed by atoms with Gasteiger partial charge in [0.25, 0.3) is 0 Å². The number of nitrogens with one attached hydrogen (secondary N) is 2. The minimum Gasteiger partial charge on any atom is -0.379 e. The summed E-state index contributed by atoms with van der Waals surface area (Å²) >= 11 is 0. The topological polar surface area (TPSA) is 68.2 Å². The van der Waals surface area contributed by atoms with E-state index in [0.717, 1.165) is 38.0 Å². The minimum absolute atomic E-state index is 0.00699. The number of aromatic nitrogens is 2. The zero-order valence-electron chi connectivity index (χ0n) is 18.7. The first-order valence-corrected chi connectivity index (χ1v) is 11.9. The Kier molecular flexibility index (Phi) is 7.62. The van der Waals surface area contributed by atoms with Crippen molar-refractivity contribution in [3.05, 3.63) is 53.3 Å². The average Bonchev–Trinajstić information content (AvgIpc) is 3.19. The van der Waals surface area contributed by atoms with Crippen LogP contribution in [0.1, 0.15) is 74.7 Å². The van der Waals surface area contributed by atoms with Crippen LogP contribution in [0.15, 0.2) is 36.5 Å². The largest absolute Gasteiger partial charge is 0.379 e. The summed E-state index contributed by atoms with van der Waals surface area (Å²) in [7, 11) is 0. The third-order valence-corrected chi connectivity index (χ3v) is 6.57. The van der Waals surface area contributed by atoms with Crippen LogP contribution in [0.3, 0.4) is 0 Å². The lowest BCUT2D eigenvalue weighted by Gasteiger charge is -2.26. The molecule has 2 amide bonds. The second-order valence-corrected chi connectivity index (χ2v) is 9.20. The number of amides is 2. The number of ether oxygens (including phenoxy) is 1. The van der Waals surface area contributed by atoms with Crippen molar-refractivity contribution >= 4 is 6.03 Å². The Morgan fingerprint density at radius 3 is 2.77 bits per heavy atom. The van der Waals surface area contributed by atoms with E-state index in [4.69, 9.17) is 4.74 Å². The van der Waals surface area contributed by atoms with E-state index < -0.39 is 0 Å². The van der Waals surface area contributed by atoms with Crippen molar-refractivity contribution in [2.75, 3.05) is 13.2 Å². The van der Waals surface area contributed by atoms with Gasteiger partial charge >= 0.3 is 6.03 Å². The maximum absolute atomic E-state index is 12.6. The summed E-state index contributed by atoms with van der Waals surface area (Å²) < 4.78 is 7.97. The molecular weight excluding hydrogens is 388 g/mol. The van der Waals surface area contributed by atoms with Gasteiger partial charge in [0, 0.05) is 17.9 Å². The van der Waals surface area contributed by atoms with Gasteiger partial charge in [-0.25, -0.2) is 4.79 Å². The second-order valence-electron chi connectivity index (χ2n) is 9.20. The first kappa shape index (κ1) is 21.9. The summed E-state index contributed by atoms with van der Waals surface area (Å²) in [5.41, 5.74) is 3.63. The number of benzene rings is 1. The van der Waals surface area contributed by atoms with Crippen LogP contribution in [-0.4, -0.2) is 35.1 Å². The molecule has 0 bridgehead atoms. The minimum atomic E-state index is -0.123. The van der Waals surface area contributed by atoms with Crippen LogP contribution in [0.4, 0.5) is 4.79 Å². The highest BCUT2D eigenvalue weighted by atomic mass is 16.5. The molecule has 1 saturated carbocycles. The fourth-order valence-electron chi connectivity index (χ4n) is 4.89. The molecule has 1 aromatic carbocycles. The summed E-state index contributed by atoms with van der Waals surface area (Å²) in [6.45, 7) is 4.16. The number of hydrogen-bond donors (Lipinski definition) is 2. The third kappa shape index (κ3) is 6.10. The first-order valence-electron chi connectivity index (χ1n) is 11.9. The number of urea groups is 1. The molecule has 6 heteroatoms. The van der Waals surface area contributed by atoms with E-state index in [1.54, 1.807) is 0 Å². The molecule has 0 aliphatic heterocycles. The summed E-state index contributed by atoms with van der Waals surface area (Å²) in [4.78, 5) is 12.6. The molecule has 2 aliphatic rings. The molecule has 0 spiro atoms. The van der Waals surface area contributed by atoms with Gasteiger partial charge in [0.2, 0.25) is 0 Å². The molecular formula is C25H36N4O2. The van der Waals surface area contributed by atoms with Gasteiger partial charge < -0.3 is 15.4 Å². The van der Waals surface area contributed by atoms with Crippen molar-refractivity contribution < 1.29 is 9.53 Å². The monoisotopic (exact) mass is 424 g/mol. The zero-order valence-corrected chi connectivity index (χ0v) is 18.7. The van der Waals surface area contributed by atoms with E-state index in [1.807, 2.05) is 19.2 Å². The first-order chi connectivity index (χ1) is 15.2. The molecule has 2 unspecified atom stereocenters. The van der Waals surface area contributed by atoms with E-state index in [1.165, 1.54) is 43.4 Å². The third-order valence-electron chi connectivity index (χ3n) is 6.57. The second kappa shape index (κ2) is 10.8. The van der Waals surface area contributed by atoms with Gasteiger partial charge in [-0.3, -0.25) is 4.68 Å². The highest BCUT2D eigenvalue weighted by Gasteiger charge is 2.26. The van der Waals surface area contributed by atoms with E-state index >= 15 is 0 Å². The van der Waals surface area contributed by atoms with Gasteiger partial charge in [-0.05, 0) is 50.5 Å². The summed E-state index contributed by atoms with van der Waals surface area (Å²) in [5.74, 6) is 0.697. The van der Waals surface area contributed by atoms with Crippen molar-refractivity contribution in [3.8, 4) is 0 Å². The molecule has 0 radical (unpaired) electrons. The van der Waals surface area contributed by atoms with Crippen molar-refractivity contribution in [2.45, 2.75) is 76.9 Å². The molecule has 1 aromatic heterocycles. The van der Waals surface area contributed by atoms with Crippen LogP contribution in [0.2, 0.25) is 0 Å². The van der Waals surface area contributed by atoms with Crippen LogP contribution in [0.5, 0.6) is 0 Å². The van der Waals surface area contributed by atoms with E-state index in [2.05, 4.69) is 44.7 Å². The Bertz CT molecular complexity index is 829. The lowest BCUT2D eigenvalue weighted by Crippen LogP contribution is -2.44. The highest BCUT2D eigenvalue weighted by molar-refractivity contribution is 5.74. The van der Waals surface area contributed by atoms with Crippen LogP contribution in [0, 0.1) is 5.92 Å². The van der Waals surface area contributed by atoms with Crippen LogP contribution in [0.25, 0.3) is 0 Å². The lowest BCUT2D eigenvalue weighted by atomic mass is 9.90. The number of carbonyl (C=O) groups excluding carboxylic acids is 1. The Morgan fingerprint density at radius 2 is 1.97 bits per heavy atom. The molecule has 4 rings (SSSR count). The predicted molar refractivity (Wildman–Crippen MR) is 122 cm³/mol. The van der Waals surface area contributed by atoms with Gasteiger partial charge in [0.15, 0.2) is 0 Å². The molecule has 2 aromatic rings. The predicted octanol–water partition coefficient (Wildman–Crippen LogP) is 4.59. The molecule has 168 valence electrons. The lowest BCUT2D eigenvalue weighted by molar-refractivity contribution is 0.0738. The number of carbonyl (C=O) groups is 1. The standard InChI is InChI=1S/C25H36N4O2/c1-19(17-31-18-21-11-6-3-7-12-21)27-25(30)28-23-13-8-14-24-22(23)15-26-29(24)16-20-9-4-2-5-10-20/h2,4-5,9-10,15,19,21,23H,3,6-8,11-14,16-18H2,1H3,(H2,27,28,30). The summed E-state index contributed by atoms with van der Waals surface area (Å²) in [5, 5.41) is 10.8. The van der Waals surface area contributed by atoms with Crippen molar-refractivity contribution in [3.63, 3.8) is 0 Å². The Hall–Kier alpha value is -2.34. The number of hydrogen-bond acceptors (Lipinski definition) is 3. The molecule has 2 atom stereocenters. The fraction of sp³-hybridized carbons (Fsp3) is 0.600. The Labute approximate surface area is 185 Å². The highest BCUT2D eigenvalue weighted by Crippen LogP contribution is 2.30. The number of rotatable bonds is 8. The van der Waals surface area contributed by atoms with E-state index in [-0.39, 0.29) is 18.1 Å². The van der Waals surface area contributed by atoms with Gasteiger partial charge in [0.1, 0.15) is 0 Å². The molecule has 6 nitrogen and oxygen atoms in total. The molecule has 2 N–H and O–H groups in total. The van der Waals surface area contributed by atoms with Crippen LogP contribution >= 0.6 is 0 Å². The fourth-order valence-corrected chi connectivity index (χ4v) is 4.89. The normalized spacial score (nSPS) is 20.1. The average molecular weight is 425 g/mol. The zero-order chi connectivity index (χ0) is 21.5. The van der Waals surface area contributed by atoms with Gasteiger partial charge in [-0.1, -0.05) is 49.6 Å². The Balaban J connectivity index is 1.25. The maximum Gasteiger partial charge on any atom is 0.315 e. The smallest absolute Gasteiger partial charge is 0.315 e. The van der Waals surface area contributed by atoms with E-state index in [9.17, 15) is 4.79 Å².